The van der Waals surface area contributed by atoms with E-state index in [0.717, 1.165) is 19.5 Å². The van der Waals surface area contributed by atoms with Crippen LogP contribution in [0, 0.1) is 0 Å². The molecule has 1 heterocycles. The van der Waals surface area contributed by atoms with E-state index in [2.05, 4.69) is 47.1 Å². The summed E-state index contributed by atoms with van der Waals surface area (Å²) in [6.45, 7) is 5.95. The highest BCUT2D eigenvalue weighted by atomic mass is 15.3. The third-order valence-corrected chi connectivity index (χ3v) is 2.66. The maximum absolute atomic E-state index is 3.82. The summed E-state index contributed by atoms with van der Waals surface area (Å²) in [6.07, 6.45) is 3.40. The zero-order valence-corrected chi connectivity index (χ0v) is 8.32. The Morgan fingerprint density at radius 2 is 2.21 bits per heavy atom. The van der Waals surface area contributed by atoms with Gasteiger partial charge in [0.1, 0.15) is 0 Å². The lowest BCUT2D eigenvalue weighted by Crippen LogP contribution is -2.34. The quantitative estimate of drug-likeness (QED) is 0.775. The molecule has 1 aliphatic rings. The van der Waals surface area contributed by atoms with Gasteiger partial charge in [-0.3, -0.25) is 5.32 Å². The van der Waals surface area contributed by atoms with Crippen LogP contribution in [0.2, 0.25) is 0 Å². The molecule has 0 aliphatic carbocycles. The second kappa shape index (κ2) is 4.29. The van der Waals surface area contributed by atoms with Crippen LogP contribution >= 0.6 is 0 Å². The van der Waals surface area contributed by atoms with Crippen LogP contribution in [-0.4, -0.2) is 24.2 Å². The van der Waals surface area contributed by atoms with Crippen molar-refractivity contribution in [2.24, 2.45) is 0 Å². The molecule has 1 atom stereocenters. The van der Waals surface area contributed by atoms with Crippen LogP contribution in [0.3, 0.4) is 0 Å². The minimum atomic E-state index is 0.426. The highest BCUT2D eigenvalue weighted by Crippen LogP contribution is 2.10. The van der Waals surface area contributed by atoms with E-state index in [4.69, 9.17) is 0 Å². The fourth-order valence-corrected chi connectivity index (χ4v) is 1.88. The lowest BCUT2D eigenvalue weighted by atomic mass is 10.1. The molecule has 1 aromatic rings. The highest BCUT2D eigenvalue weighted by molar-refractivity contribution is 5.16. The largest absolute Gasteiger partial charge is 0.361 e. The minimum absolute atomic E-state index is 0.426. The Morgan fingerprint density at radius 1 is 1.43 bits per heavy atom. The Morgan fingerprint density at radius 3 is 2.93 bits per heavy atom. The molecule has 14 heavy (non-hydrogen) atoms. The molecule has 0 radical (unpaired) electrons. The molecule has 0 saturated carbocycles. The van der Waals surface area contributed by atoms with Gasteiger partial charge in [0.15, 0.2) is 0 Å². The number of hydrogen-bond donors (Lipinski definition) is 1. The molecule has 0 amide bonds. The Bertz CT molecular complexity index is 294. The average Bonchev–Trinajstić information content (AvgIpc) is 2.67. The molecule has 1 fully saturated rings. The van der Waals surface area contributed by atoms with Crippen LogP contribution in [0.1, 0.15) is 5.56 Å². The van der Waals surface area contributed by atoms with E-state index in [1.54, 1.807) is 0 Å². The van der Waals surface area contributed by atoms with Crippen molar-refractivity contribution in [3.8, 4) is 0 Å². The van der Waals surface area contributed by atoms with Crippen molar-refractivity contribution in [1.82, 2.24) is 10.2 Å². The second-order valence-electron chi connectivity index (χ2n) is 3.58. The van der Waals surface area contributed by atoms with Crippen LogP contribution < -0.4 is 5.32 Å². The first-order chi connectivity index (χ1) is 6.90. The summed E-state index contributed by atoms with van der Waals surface area (Å²) in [5, 5.41) is 3.46. The molecule has 0 bridgehead atoms. The molecule has 0 spiro atoms. The maximum atomic E-state index is 3.82. The lowest BCUT2D eigenvalue weighted by Gasteiger charge is -2.21. The van der Waals surface area contributed by atoms with E-state index in [0.29, 0.717) is 6.17 Å². The first-order valence-electron chi connectivity index (χ1n) is 5.06. The molecule has 1 N–H and O–H groups in total. The van der Waals surface area contributed by atoms with Crippen molar-refractivity contribution in [3.05, 3.63) is 48.7 Å². The average molecular weight is 188 g/mol. The van der Waals surface area contributed by atoms with Crippen LogP contribution in [0.5, 0.6) is 0 Å². The van der Waals surface area contributed by atoms with Crippen molar-refractivity contribution in [2.45, 2.75) is 12.6 Å². The molecular formula is C12H16N2. The van der Waals surface area contributed by atoms with Crippen LogP contribution in [0.25, 0.3) is 0 Å². The summed E-state index contributed by atoms with van der Waals surface area (Å²) in [6, 6.07) is 10.6. The SMILES string of the molecule is C=CN1CCNC1Cc1ccccc1. The molecule has 2 rings (SSSR count). The van der Waals surface area contributed by atoms with Crippen LogP contribution in [-0.2, 0) is 6.42 Å². The van der Waals surface area contributed by atoms with Gasteiger partial charge in [-0.25, -0.2) is 0 Å². The first-order valence-corrected chi connectivity index (χ1v) is 5.06. The lowest BCUT2D eigenvalue weighted by molar-refractivity contribution is 0.329. The molecule has 0 aromatic heterocycles. The normalized spacial score (nSPS) is 21.1. The van der Waals surface area contributed by atoms with Crippen molar-refractivity contribution in [3.63, 3.8) is 0 Å². The number of nitrogens with one attached hydrogen (secondary N) is 1. The van der Waals surface area contributed by atoms with E-state index >= 15 is 0 Å². The van der Waals surface area contributed by atoms with Gasteiger partial charge in [-0.1, -0.05) is 36.9 Å². The van der Waals surface area contributed by atoms with Gasteiger partial charge in [0.2, 0.25) is 0 Å². The van der Waals surface area contributed by atoms with Crippen LogP contribution in [0.4, 0.5) is 0 Å². The molecule has 1 aromatic carbocycles. The van der Waals surface area contributed by atoms with Crippen molar-refractivity contribution in [2.75, 3.05) is 13.1 Å². The molecule has 74 valence electrons. The predicted octanol–water partition coefficient (Wildman–Crippen LogP) is 1.60. The number of nitrogens with zero attached hydrogens (tertiary/aromatic N) is 1. The van der Waals surface area contributed by atoms with E-state index in [1.807, 2.05) is 6.20 Å². The topological polar surface area (TPSA) is 15.3 Å². The Hall–Kier alpha value is -1.28. The zero-order chi connectivity index (χ0) is 9.80. The molecule has 2 nitrogen and oxygen atoms in total. The number of hydrogen-bond acceptors (Lipinski definition) is 2. The highest BCUT2D eigenvalue weighted by Gasteiger charge is 2.20. The summed E-state index contributed by atoms with van der Waals surface area (Å²) in [7, 11) is 0. The Labute approximate surface area is 85.2 Å². The Balaban J connectivity index is 2.00. The first kappa shape index (κ1) is 9.28. The smallest absolute Gasteiger partial charge is 0.0831 e. The minimum Gasteiger partial charge on any atom is -0.361 e. The van der Waals surface area contributed by atoms with Gasteiger partial charge in [-0.15, -0.1) is 0 Å². The Kier molecular flexibility index (Phi) is 2.84. The van der Waals surface area contributed by atoms with Gasteiger partial charge in [0.25, 0.3) is 0 Å². The van der Waals surface area contributed by atoms with Gasteiger partial charge in [-0.2, -0.15) is 0 Å². The number of benzene rings is 1. The molecule has 2 heteroatoms. The number of rotatable bonds is 3. The summed E-state index contributed by atoms with van der Waals surface area (Å²) < 4.78 is 0. The monoisotopic (exact) mass is 188 g/mol. The van der Waals surface area contributed by atoms with Crippen molar-refractivity contribution < 1.29 is 0 Å². The van der Waals surface area contributed by atoms with E-state index in [1.165, 1.54) is 5.56 Å². The molecule has 1 aliphatic heterocycles. The van der Waals surface area contributed by atoms with Gasteiger partial charge in [0, 0.05) is 19.5 Å². The molecule has 1 saturated heterocycles. The molecular weight excluding hydrogens is 172 g/mol. The van der Waals surface area contributed by atoms with Crippen LogP contribution in [0.15, 0.2) is 43.1 Å². The third kappa shape index (κ3) is 1.96. The second-order valence-corrected chi connectivity index (χ2v) is 3.58. The fraction of sp³-hybridized carbons (Fsp3) is 0.333. The van der Waals surface area contributed by atoms with Crippen molar-refractivity contribution >= 4 is 0 Å². The van der Waals surface area contributed by atoms with Gasteiger partial charge < -0.3 is 4.90 Å². The predicted molar refractivity (Wildman–Crippen MR) is 58.8 cm³/mol. The maximum Gasteiger partial charge on any atom is 0.0831 e. The van der Waals surface area contributed by atoms with Gasteiger partial charge >= 0.3 is 0 Å². The summed E-state index contributed by atoms with van der Waals surface area (Å²) in [5.74, 6) is 0. The van der Waals surface area contributed by atoms with E-state index in [-0.39, 0.29) is 0 Å². The van der Waals surface area contributed by atoms with Crippen molar-refractivity contribution in [1.29, 1.82) is 0 Å². The summed E-state index contributed by atoms with van der Waals surface area (Å²) in [4.78, 5) is 2.26. The third-order valence-electron chi connectivity index (χ3n) is 2.66. The summed E-state index contributed by atoms with van der Waals surface area (Å²) in [5.41, 5.74) is 1.37. The van der Waals surface area contributed by atoms with E-state index in [9.17, 15) is 0 Å². The molecule has 1 unspecified atom stereocenters. The summed E-state index contributed by atoms with van der Waals surface area (Å²) >= 11 is 0. The van der Waals surface area contributed by atoms with Gasteiger partial charge in [-0.05, 0) is 11.8 Å². The standard InChI is InChI=1S/C12H16N2/c1-2-14-9-8-13-12(14)10-11-6-4-3-5-7-11/h2-7,12-13H,1,8-10H2. The van der Waals surface area contributed by atoms with E-state index < -0.39 is 0 Å². The fourth-order valence-electron chi connectivity index (χ4n) is 1.88. The zero-order valence-electron chi connectivity index (χ0n) is 8.32. The van der Waals surface area contributed by atoms with Gasteiger partial charge in [0.05, 0.1) is 6.17 Å².